The number of aromatic nitrogens is 4. The molecule has 0 saturated heterocycles. The van der Waals surface area contributed by atoms with Crippen LogP contribution in [0.4, 0.5) is 0 Å². The molecular weight excluding hydrogens is 452 g/mol. The topological polar surface area (TPSA) is 111 Å². The lowest BCUT2D eigenvalue weighted by Gasteiger charge is -2.08. The minimum Gasteiger partial charge on any atom is -0.497 e. The summed E-state index contributed by atoms with van der Waals surface area (Å²) >= 11 is 7.48. The smallest absolute Gasteiger partial charge is 0.269 e. The van der Waals surface area contributed by atoms with Crippen LogP contribution in [0.5, 0.6) is 5.75 Å². The number of amides is 2. The van der Waals surface area contributed by atoms with Crippen LogP contribution in [0.25, 0.3) is 16.7 Å². The summed E-state index contributed by atoms with van der Waals surface area (Å²) in [6, 6.07) is 13.8. The van der Waals surface area contributed by atoms with Crippen molar-refractivity contribution in [2.24, 2.45) is 0 Å². The minimum absolute atomic E-state index is 0.0340. The van der Waals surface area contributed by atoms with E-state index in [0.29, 0.717) is 38.1 Å². The first-order chi connectivity index (χ1) is 15.6. The zero-order valence-electron chi connectivity index (χ0n) is 16.8. The highest BCUT2D eigenvalue weighted by Crippen LogP contribution is 2.27. The van der Waals surface area contributed by atoms with Crippen LogP contribution in [-0.2, 0) is 4.79 Å². The van der Waals surface area contributed by atoms with Gasteiger partial charge in [0.2, 0.25) is 5.91 Å². The highest BCUT2D eigenvalue weighted by atomic mass is 35.5. The average Bonchev–Trinajstić information content (AvgIpc) is 3.26. The zero-order valence-corrected chi connectivity index (χ0v) is 18.4. The molecule has 11 heteroatoms. The number of thioether (sulfide) groups is 1. The molecule has 2 aromatic carbocycles. The van der Waals surface area contributed by atoms with Crippen LogP contribution in [0.3, 0.4) is 0 Å². The number of para-hydroxylation sites is 1. The number of hydrazine groups is 1. The van der Waals surface area contributed by atoms with Crippen molar-refractivity contribution in [2.45, 2.75) is 5.03 Å². The molecule has 4 rings (SSSR count). The summed E-state index contributed by atoms with van der Waals surface area (Å²) in [7, 11) is 1.54. The van der Waals surface area contributed by atoms with E-state index in [0.717, 1.165) is 0 Å². The van der Waals surface area contributed by atoms with Crippen molar-refractivity contribution in [3.05, 3.63) is 71.6 Å². The van der Waals surface area contributed by atoms with E-state index in [1.165, 1.54) is 18.1 Å². The lowest BCUT2D eigenvalue weighted by atomic mass is 10.2. The maximum absolute atomic E-state index is 12.2. The number of fused-ring (bicyclic) bond motifs is 1. The molecule has 0 spiro atoms. The number of halogens is 1. The fourth-order valence-electron chi connectivity index (χ4n) is 2.85. The van der Waals surface area contributed by atoms with Crippen molar-refractivity contribution in [3.8, 4) is 11.4 Å². The van der Waals surface area contributed by atoms with Gasteiger partial charge in [0, 0.05) is 5.56 Å². The van der Waals surface area contributed by atoms with Crippen molar-refractivity contribution < 1.29 is 14.3 Å². The van der Waals surface area contributed by atoms with E-state index in [9.17, 15) is 9.59 Å². The van der Waals surface area contributed by atoms with Gasteiger partial charge in [0.05, 0.1) is 35.2 Å². The van der Waals surface area contributed by atoms with E-state index in [-0.39, 0.29) is 11.7 Å². The second-order valence-electron chi connectivity index (χ2n) is 6.44. The summed E-state index contributed by atoms with van der Waals surface area (Å²) < 4.78 is 6.68. The molecule has 0 saturated carbocycles. The molecule has 9 nitrogen and oxygen atoms in total. The normalized spacial score (nSPS) is 10.7. The Bertz CT molecular complexity index is 1280. The van der Waals surface area contributed by atoms with Crippen LogP contribution in [0.15, 0.2) is 66.1 Å². The third-order valence-electron chi connectivity index (χ3n) is 4.42. The third kappa shape index (κ3) is 4.66. The Hall–Kier alpha value is -3.63. The van der Waals surface area contributed by atoms with Gasteiger partial charge in [-0.05, 0) is 36.4 Å². The van der Waals surface area contributed by atoms with E-state index < -0.39 is 5.91 Å². The molecule has 0 fully saturated rings. The largest absolute Gasteiger partial charge is 0.497 e. The van der Waals surface area contributed by atoms with Gasteiger partial charge in [0.15, 0.2) is 5.65 Å². The Kier molecular flexibility index (Phi) is 6.52. The predicted octanol–water partition coefficient (Wildman–Crippen LogP) is 3.03. The number of carbonyl (C=O) groups is 2. The number of methoxy groups -OCH3 is 1. The highest BCUT2D eigenvalue weighted by molar-refractivity contribution is 8.00. The van der Waals surface area contributed by atoms with Gasteiger partial charge >= 0.3 is 0 Å². The molecule has 0 aliphatic carbocycles. The van der Waals surface area contributed by atoms with Crippen molar-refractivity contribution in [1.29, 1.82) is 0 Å². The lowest BCUT2D eigenvalue weighted by Crippen LogP contribution is -2.42. The lowest BCUT2D eigenvalue weighted by molar-refractivity contribution is -0.119. The summed E-state index contributed by atoms with van der Waals surface area (Å²) in [6.45, 7) is 0. The van der Waals surface area contributed by atoms with Crippen LogP contribution in [0, 0.1) is 0 Å². The number of rotatable bonds is 6. The van der Waals surface area contributed by atoms with Gasteiger partial charge in [-0.1, -0.05) is 35.5 Å². The summed E-state index contributed by atoms with van der Waals surface area (Å²) in [5.74, 6) is -0.152. The van der Waals surface area contributed by atoms with E-state index in [4.69, 9.17) is 16.3 Å². The van der Waals surface area contributed by atoms with Gasteiger partial charge in [-0.25, -0.2) is 14.6 Å². The Morgan fingerprint density at radius 1 is 1.09 bits per heavy atom. The number of hydrogen-bond donors (Lipinski definition) is 2. The number of hydrogen-bond acceptors (Lipinski definition) is 7. The maximum Gasteiger partial charge on any atom is 0.269 e. The second kappa shape index (κ2) is 9.67. The maximum atomic E-state index is 12.2. The molecule has 0 unspecified atom stereocenters. The number of benzene rings is 2. The first-order valence-corrected chi connectivity index (χ1v) is 10.7. The Morgan fingerprint density at radius 3 is 2.62 bits per heavy atom. The molecule has 0 aliphatic rings. The van der Waals surface area contributed by atoms with Crippen LogP contribution < -0.4 is 15.6 Å². The SMILES string of the molecule is COc1ccc(C(=O)NNC(=O)CSc2ncnc3c2cnn3-c2ccccc2Cl)cc1. The molecule has 2 aromatic heterocycles. The van der Waals surface area contributed by atoms with Crippen molar-refractivity contribution in [2.75, 3.05) is 12.9 Å². The molecule has 4 aromatic rings. The third-order valence-corrected chi connectivity index (χ3v) is 5.74. The van der Waals surface area contributed by atoms with E-state index in [2.05, 4.69) is 25.9 Å². The number of ether oxygens (including phenoxy) is 1. The fraction of sp³-hybridized carbons (Fsp3) is 0.0952. The molecule has 0 atom stereocenters. The highest BCUT2D eigenvalue weighted by Gasteiger charge is 2.15. The molecule has 2 heterocycles. The zero-order chi connectivity index (χ0) is 22.5. The molecular formula is C21H17ClN6O3S. The van der Waals surface area contributed by atoms with Crippen molar-refractivity contribution >= 4 is 46.2 Å². The summed E-state index contributed by atoms with van der Waals surface area (Å²) in [6.07, 6.45) is 3.04. The minimum atomic E-state index is -0.434. The van der Waals surface area contributed by atoms with Gasteiger partial charge in [0.25, 0.3) is 5.91 Å². The molecule has 2 amide bonds. The van der Waals surface area contributed by atoms with Gasteiger partial charge in [0.1, 0.15) is 17.1 Å². The van der Waals surface area contributed by atoms with E-state index in [1.54, 1.807) is 48.3 Å². The van der Waals surface area contributed by atoms with Gasteiger partial charge in [-0.15, -0.1) is 0 Å². The van der Waals surface area contributed by atoms with Crippen LogP contribution >= 0.6 is 23.4 Å². The Labute approximate surface area is 192 Å². The van der Waals surface area contributed by atoms with Gasteiger partial charge in [-0.2, -0.15) is 5.10 Å². The quantitative estimate of drug-likeness (QED) is 0.254. The van der Waals surface area contributed by atoms with Crippen molar-refractivity contribution in [1.82, 2.24) is 30.6 Å². The first-order valence-electron chi connectivity index (χ1n) is 9.36. The Balaban J connectivity index is 1.39. The molecule has 0 radical (unpaired) electrons. The first kappa shape index (κ1) is 21.6. The molecule has 2 N–H and O–H groups in total. The monoisotopic (exact) mass is 468 g/mol. The summed E-state index contributed by atoms with van der Waals surface area (Å²) in [4.78, 5) is 32.9. The predicted molar refractivity (Wildman–Crippen MR) is 121 cm³/mol. The number of carbonyl (C=O) groups excluding carboxylic acids is 2. The van der Waals surface area contributed by atoms with E-state index in [1.807, 2.05) is 18.2 Å². The molecule has 0 bridgehead atoms. The summed E-state index contributed by atoms with van der Waals surface area (Å²) in [5, 5.41) is 6.18. The molecule has 32 heavy (non-hydrogen) atoms. The summed E-state index contributed by atoms with van der Waals surface area (Å²) in [5.41, 5.74) is 6.44. The second-order valence-corrected chi connectivity index (χ2v) is 7.81. The molecule has 0 aliphatic heterocycles. The standard InChI is InChI=1S/C21H17ClN6O3S/c1-31-14-8-6-13(7-9-14)20(30)27-26-18(29)11-32-21-15-10-25-28(19(15)23-12-24-21)17-5-3-2-4-16(17)22/h2-10,12H,11H2,1H3,(H,26,29)(H,27,30). The molecule has 162 valence electrons. The van der Waals surface area contributed by atoms with E-state index >= 15 is 0 Å². The van der Waals surface area contributed by atoms with Gasteiger partial charge < -0.3 is 4.74 Å². The van der Waals surface area contributed by atoms with Crippen LogP contribution in [0.1, 0.15) is 10.4 Å². The van der Waals surface area contributed by atoms with Crippen LogP contribution in [0.2, 0.25) is 5.02 Å². The Morgan fingerprint density at radius 2 is 1.88 bits per heavy atom. The fourth-order valence-corrected chi connectivity index (χ4v) is 3.83. The average molecular weight is 469 g/mol. The number of nitrogens with zero attached hydrogens (tertiary/aromatic N) is 4. The van der Waals surface area contributed by atoms with Crippen LogP contribution in [-0.4, -0.2) is 44.4 Å². The number of nitrogens with one attached hydrogen (secondary N) is 2. The van der Waals surface area contributed by atoms with Gasteiger partial charge in [-0.3, -0.25) is 20.4 Å². The van der Waals surface area contributed by atoms with Crippen molar-refractivity contribution in [3.63, 3.8) is 0 Å².